The Bertz CT molecular complexity index is 690. The van der Waals surface area contributed by atoms with Crippen molar-refractivity contribution >= 4 is 6.29 Å². The maximum Gasteiger partial charge on any atom is 0.203 e. The van der Waals surface area contributed by atoms with Crippen LogP contribution in [0.25, 0.3) is 11.1 Å². The van der Waals surface area contributed by atoms with Gasteiger partial charge in [-0.05, 0) is 42.3 Å². The highest BCUT2D eigenvalue weighted by Crippen LogP contribution is 2.41. The Kier molecular flexibility index (Phi) is 6.83. The highest BCUT2D eigenvalue weighted by atomic mass is 16.5. The SMILES string of the molecule is CNC(CC=O)Cc1ccccc1-c1cc(OC)c(OC)c(OC)c1. The minimum absolute atomic E-state index is 0.0979. The van der Waals surface area contributed by atoms with Crippen molar-refractivity contribution in [2.24, 2.45) is 0 Å². The summed E-state index contributed by atoms with van der Waals surface area (Å²) >= 11 is 0. The fraction of sp³-hybridized carbons (Fsp3) is 0.350. The number of rotatable bonds is 9. The summed E-state index contributed by atoms with van der Waals surface area (Å²) in [5.41, 5.74) is 3.21. The quantitative estimate of drug-likeness (QED) is 0.709. The zero-order chi connectivity index (χ0) is 18.2. The number of nitrogens with one attached hydrogen (secondary N) is 1. The first kappa shape index (κ1) is 18.8. The first-order valence-electron chi connectivity index (χ1n) is 8.17. The fourth-order valence-electron chi connectivity index (χ4n) is 2.90. The number of hydrogen-bond donors (Lipinski definition) is 1. The Labute approximate surface area is 148 Å². The second kappa shape index (κ2) is 9.08. The van der Waals surface area contributed by atoms with Crippen molar-refractivity contribution in [3.05, 3.63) is 42.0 Å². The minimum Gasteiger partial charge on any atom is -0.493 e. The second-order valence-electron chi connectivity index (χ2n) is 5.66. The molecule has 0 aliphatic carbocycles. The van der Waals surface area contributed by atoms with E-state index in [9.17, 15) is 4.79 Å². The average molecular weight is 343 g/mol. The minimum atomic E-state index is 0.0979. The third-order valence-corrected chi connectivity index (χ3v) is 4.25. The zero-order valence-corrected chi connectivity index (χ0v) is 15.2. The van der Waals surface area contributed by atoms with Gasteiger partial charge in [0.1, 0.15) is 6.29 Å². The summed E-state index contributed by atoms with van der Waals surface area (Å²) in [6.45, 7) is 0. The summed E-state index contributed by atoms with van der Waals surface area (Å²) < 4.78 is 16.3. The van der Waals surface area contributed by atoms with Gasteiger partial charge in [-0.25, -0.2) is 0 Å². The topological polar surface area (TPSA) is 56.8 Å². The summed E-state index contributed by atoms with van der Waals surface area (Å²) in [4.78, 5) is 10.9. The van der Waals surface area contributed by atoms with Gasteiger partial charge >= 0.3 is 0 Å². The highest BCUT2D eigenvalue weighted by Gasteiger charge is 2.17. The number of carbonyl (C=O) groups excluding carboxylic acids is 1. The number of methoxy groups -OCH3 is 3. The predicted octanol–water partition coefficient (Wildman–Crippen LogP) is 3.10. The maximum atomic E-state index is 10.9. The van der Waals surface area contributed by atoms with Crippen LogP contribution < -0.4 is 19.5 Å². The number of likely N-dealkylation sites (N-methyl/N-ethyl adjacent to an activating group) is 1. The molecule has 25 heavy (non-hydrogen) atoms. The van der Waals surface area contributed by atoms with Gasteiger partial charge in [0.25, 0.3) is 0 Å². The van der Waals surface area contributed by atoms with Gasteiger partial charge in [-0.15, -0.1) is 0 Å². The molecule has 2 aromatic rings. The molecule has 0 radical (unpaired) electrons. The summed E-state index contributed by atoms with van der Waals surface area (Å²) in [6.07, 6.45) is 2.17. The lowest BCUT2D eigenvalue weighted by Crippen LogP contribution is -2.28. The summed E-state index contributed by atoms with van der Waals surface area (Å²) in [6, 6.07) is 12.1. The van der Waals surface area contributed by atoms with Crippen molar-refractivity contribution in [1.29, 1.82) is 0 Å². The number of benzene rings is 2. The van der Waals surface area contributed by atoms with Crippen LogP contribution in [0.3, 0.4) is 0 Å². The molecule has 0 aromatic heterocycles. The molecular formula is C20H25NO4. The first-order valence-corrected chi connectivity index (χ1v) is 8.17. The average Bonchev–Trinajstić information content (AvgIpc) is 2.66. The normalized spacial score (nSPS) is 11.7. The van der Waals surface area contributed by atoms with Crippen molar-refractivity contribution in [2.45, 2.75) is 18.9 Å². The molecule has 134 valence electrons. The lowest BCUT2D eigenvalue weighted by Gasteiger charge is -2.18. The second-order valence-corrected chi connectivity index (χ2v) is 5.66. The van der Waals surface area contributed by atoms with Crippen LogP contribution in [0.15, 0.2) is 36.4 Å². The van der Waals surface area contributed by atoms with Crippen molar-refractivity contribution < 1.29 is 19.0 Å². The van der Waals surface area contributed by atoms with Crippen molar-refractivity contribution in [3.63, 3.8) is 0 Å². The molecule has 5 nitrogen and oxygen atoms in total. The van der Waals surface area contributed by atoms with Gasteiger partial charge in [-0.2, -0.15) is 0 Å². The summed E-state index contributed by atoms with van der Waals surface area (Å²) in [7, 11) is 6.67. The molecule has 1 atom stereocenters. The van der Waals surface area contributed by atoms with Gasteiger partial charge in [-0.3, -0.25) is 0 Å². The van der Waals surface area contributed by atoms with E-state index in [1.165, 1.54) is 0 Å². The van der Waals surface area contributed by atoms with E-state index in [4.69, 9.17) is 14.2 Å². The van der Waals surface area contributed by atoms with Gasteiger partial charge in [-0.1, -0.05) is 24.3 Å². The van der Waals surface area contributed by atoms with E-state index in [1.54, 1.807) is 21.3 Å². The fourth-order valence-corrected chi connectivity index (χ4v) is 2.90. The number of ether oxygens (including phenoxy) is 3. The van der Waals surface area contributed by atoms with Crippen LogP contribution in [-0.2, 0) is 11.2 Å². The van der Waals surface area contributed by atoms with Gasteiger partial charge in [0.15, 0.2) is 11.5 Å². The van der Waals surface area contributed by atoms with E-state index in [-0.39, 0.29) is 6.04 Å². The number of carbonyl (C=O) groups is 1. The van der Waals surface area contributed by atoms with Crippen LogP contribution >= 0.6 is 0 Å². The van der Waals surface area contributed by atoms with Crippen LogP contribution in [0, 0.1) is 0 Å². The Morgan fingerprint density at radius 3 is 2.20 bits per heavy atom. The van der Waals surface area contributed by atoms with Gasteiger partial charge in [0.2, 0.25) is 5.75 Å². The summed E-state index contributed by atoms with van der Waals surface area (Å²) in [5.74, 6) is 1.80. The molecule has 1 unspecified atom stereocenters. The van der Waals surface area contributed by atoms with Crippen LogP contribution in [0.4, 0.5) is 0 Å². The standard InChI is InChI=1S/C20H25NO4/c1-21-16(9-10-22)11-14-7-5-6-8-17(14)15-12-18(23-2)20(25-4)19(13-15)24-3/h5-8,10,12-13,16,21H,9,11H2,1-4H3. The van der Waals surface area contributed by atoms with E-state index in [2.05, 4.69) is 17.4 Å². The molecule has 2 aromatic carbocycles. The van der Waals surface area contributed by atoms with Gasteiger partial charge < -0.3 is 24.3 Å². The predicted molar refractivity (Wildman–Crippen MR) is 98.8 cm³/mol. The Hall–Kier alpha value is -2.53. The molecule has 2 rings (SSSR count). The summed E-state index contributed by atoms with van der Waals surface area (Å²) in [5, 5.41) is 3.19. The molecule has 0 saturated carbocycles. The van der Waals surface area contributed by atoms with E-state index in [0.717, 1.165) is 29.4 Å². The largest absolute Gasteiger partial charge is 0.493 e. The van der Waals surface area contributed by atoms with E-state index < -0.39 is 0 Å². The van der Waals surface area contributed by atoms with Crippen LogP contribution in [0.1, 0.15) is 12.0 Å². The molecule has 0 amide bonds. The van der Waals surface area contributed by atoms with E-state index in [1.807, 2.05) is 31.3 Å². The molecule has 0 saturated heterocycles. The van der Waals surface area contributed by atoms with E-state index >= 15 is 0 Å². The molecule has 5 heteroatoms. The van der Waals surface area contributed by atoms with Crippen molar-refractivity contribution in [2.75, 3.05) is 28.4 Å². The molecule has 0 aliphatic rings. The molecule has 1 N–H and O–H groups in total. The van der Waals surface area contributed by atoms with Crippen molar-refractivity contribution in [1.82, 2.24) is 5.32 Å². The molecule has 0 heterocycles. The van der Waals surface area contributed by atoms with Crippen molar-refractivity contribution in [3.8, 4) is 28.4 Å². The van der Waals surface area contributed by atoms with Gasteiger partial charge in [0, 0.05) is 12.5 Å². The third-order valence-electron chi connectivity index (χ3n) is 4.25. The first-order chi connectivity index (χ1) is 12.2. The van der Waals surface area contributed by atoms with Crippen LogP contribution in [0.5, 0.6) is 17.2 Å². The van der Waals surface area contributed by atoms with Crippen LogP contribution in [-0.4, -0.2) is 40.7 Å². The third kappa shape index (κ3) is 4.31. The number of aldehydes is 1. The molecule has 0 spiro atoms. The molecule has 0 fully saturated rings. The smallest absolute Gasteiger partial charge is 0.203 e. The lowest BCUT2D eigenvalue weighted by molar-refractivity contribution is -0.108. The maximum absolute atomic E-state index is 10.9. The molecule has 0 aliphatic heterocycles. The van der Waals surface area contributed by atoms with E-state index in [0.29, 0.717) is 23.7 Å². The Morgan fingerprint density at radius 2 is 1.68 bits per heavy atom. The van der Waals surface area contributed by atoms with Crippen LogP contribution in [0.2, 0.25) is 0 Å². The lowest BCUT2D eigenvalue weighted by atomic mass is 9.94. The number of hydrogen-bond acceptors (Lipinski definition) is 5. The Morgan fingerprint density at radius 1 is 1.04 bits per heavy atom. The Balaban J connectivity index is 2.50. The molecular weight excluding hydrogens is 318 g/mol. The highest BCUT2D eigenvalue weighted by molar-refractivity contribution is 5.73. The zero-order valence-electron chi connectivity index (χ0n) is 15.2. The van der Waals surface area contributed by atoms with Gasteiger partial charge in [0.05, 0.1) is 21.3 Å². The molecule has 0 bridgehead atoms. The monoisotopic (exact) mass is 343 g/mol.